The molecule has 4 heteroatoms. The molecule has 0 aliphatic carbocycles. The van der Waals surface area contributed by atoms with Crippen LogP contribution in [0.4, 0.5) is 0 Å². The normalized spacial score (nSPS) is 11.8. The minimum absolute atomic E-state index is 0.0584. The Labute approximate surface area is 143 Å². The van der Waals surface area contributed by atoms with Crippen molar-refractivity contribution in [1.82, 2.24) is 5.32 Å². The summed E-state index contributed by atoms with van der Waals surface area (Å²) in [6.45, 7) is 4.31. The zero-order chi connectivity index (χ0) is 17.5. The number of nitrogens with one attached hydrogen (secondary N) is 1. The smallest absolute Gasteiger partial charge is 0.220 e. The average Bonchev–Trinajstić information content (AvgIpc) is 2.59. The van der Waals surface area contributed by atoms with Crippen LogP contribution in [0.3, 0.4) is 0 Å². The lowest BCUT2D eigenvalue weighted by molar-refractivity contribution is -0.121. The summed E-state index contributed by atoms with van der Waals surface area (Å²) in [5.74, 6) is 0.629. The summed E-state index contributed by atoms with van der Waals surface area (Å²) in [7, 11) is 1.58. The standard InChI is InChI=1S/C20H25NO3/c1-14-7-8-16(15(2)11-14)9-10-20(23)21-13-19(22)17-5-4-6-18(12-17)24-3/h4-8,11-12,19,22H,9-10,13H2,1-3H3,(H,21,23). The highest BCUT2D eigenvalue weighted by Crippen LogP contribution is 2.18. The molecule has 0 spiro atoms. The summed E-state index contributed by atoms with van der Waals surface area (Å²) in [4.78, 5) is 12.0. The van der Waals surface area contributed by atoms with Crippen LogP contribution in [0.2, 0.25) is 0 Å². The average molecular weight is 327 g/mol. The first-order valence-electron chi connectivity index (χ1n) is 8.14. The summed E-state index contributed by atoms with van der Waals surface area (Å²) >= 11 is 0. The monoisotopic (exact) mass is 327 g/mol. The van der Waals surface area contributed by atoms with Gasteiger partial charge in [0.05, 0.1) is 13.2 Å². The molecule has 0 saturated carbocycles. The summed E-state index contributed by atoms with van der Waals surface area (Å²) in [5, 5.41) is 13.0. The lowest BCUT2D eigenvalue weighted by Gasteiger charge is -2.13. The lowest BCUT2D eigenvalue weighted by Crippen LogP contribution is -2.28. The first kappa shape index (κ1) is 18.0. The zero-order valence-electron chi connectivity index (χ0n) is 14.5. The van der Waals surface area contributed by atoms with Gasteiger partial charge in [-0.15, -0.1) is 0 Å². The predicted octanol–water partition coefficient (Wildman–Crippen LogP) is 3.09. The second-order valence-corrected chi connectivity index (χ2v) is 6.03. The number of ether oxygens (including phenoxy) is 1. The van der Waals surface area contributed by atoms with Gasteiger partial charge in [-0.25, -0.2) is 0 Å². The number of carbonyl (C=O) groups excluding carboxylic acids is 1. The van der Waals surface area contributed by atoms with Crippen molar-refractivity contribution in [2.24, 2.45) is 0 Å². The van der Waals surface area contributed by atoms with Crippen molar-refractivity contribution in [2.45, 2.75) is 32.8 Å². The molecule has 0 heterocycles. The van der Waals surface area contributed by atoms with Crippen LogP contribution in [0, 0.1) is 13.8 Å². The van der Waals surface area contributed by atoms with E-state index in [2.05, 4.69) is 37.4 Å². The van der Waals surface area contributed by atoms with Crippen LogP contribution in [-0.4, -0.2) is 24.7 Å². The molecule has 0 saturated heterocycles. The Kier molecular flexibility index (Phi) is 6.38. The highest BCUT2D eigenvalue weighted by atomic mass is 16.5. The summed E-state index contributed by atoms with van der Waals surface area (Å²) < 4.78 is 5.14. The van der Waals surface area contributed by atoms with E-state index in [1.54, 1.807) is 13.2 Å². The number of aliphatic hydroxyl groups excluding tert-OH is 1. The van der Waals surface area contributed by atoms with Crippen LogP contribution in [0.1, 0.15) is 34.8 Å². The number of benzene rings is 2. The van der Waals surface area contributed by atoms with Crippen molar-refractivity contribution < 1.29 is 14.6 Å². The molecular formula is C20H25NO3. The van der Waals surface area contributed by atoms with Gasteiger partial charge in [-0.1, -0.05) is 35.9 Å². The number of aryl methyl sites for hydroxylation is 3. The second kappa shape index (κ2) is 8.50. The van der Waals surface area contributed by atoms with Crippen molar-refractivity contribution >= 4 is 5.91 Å². The molecule has 24 heavy (non-hydrogen) atoms. The molecule has 1 atom stereocenters. The van der Waals surface area contributed by atoms with E-state index in [-0.39, 0.29) is 12.5 Å². The molecule has 1 unspecified atom stereocenters. The molecule has 0 radical (unpaired) electrons. The van der Waals surface area contributed by atoms with Crippen molar-refractivity contribution in [2.75, 3.05) is 13.7 Å². The van der Waals surface area contributed by atoms with Crippen LogP contribution in [0.5, 0.6) is 5.75 Å². The van der Waals surface area contributed by atoms with E-state index in [1.165, 1.54) is 16.7 Å². The van der Waals surface area contributed by atoms with Gasteiger partial charge in [-0.3, -0.25) is 4.79 Å². The minimum Gasteiger partial charge on any atom is -0.497 e. The van der Waals surface area contributed by atoms with Gasteiger partial charge in [0.25, 0.3) is 0 Å². The Morgan fingerprint density at radius 3 is 2.71 bits per heavy atom. The van der Waals surface area contributed by atoms with E-state index in [0.29, 0.717) is 18.6 Å². The van der Waals surface area contributed by atoms with Gasteiger partial charge in [-0.2, -0.15) is 0 Å². The molecule has 0 aliphatic heterocycles. The molecule has 1 amide bonds. The highest BCUT2D eigenvalue weighted by Gasteiger charge is 2.11. The summed E-state index contributed by atoms with van der Waals surface area (Å²) in [6.07, 6.45) is 0.368. The Balaban J connectivity index is 1.82. The first-order valence-corrected chi connectivity index (χ1v) is 8.14. The van der Waals surface area contributed by atoms with Gasteiger partial charge in [0.15, 0.2) is 0 Å². The maximum absolute atomic E-state index is 12.0. The number of hydrogen-bond acceptors (Lipinski definition) is 3. The van der Waals surface area contributed by atoms with Gasteiger partial charge >= 0.3 is 0 Å². The number of rotatable bonds is 7. The number of aliphatic hydroxyl groups is 1. The molecular weight excluding hydrogens is 302 g/mol. The second-order valence-electron chi connectivity index (χ2n) is 6.03. The van der Waals surface area contributed by atoms with Gasteiger partial charge < -0.3 is 15.2 Å². The molecule has 128 valence electrons. The summed E-state index contributed by atoms with van der Waals surface area (Å²) in [5.41, 5.74) is 4.34. The number of carbonyl (C=O) groups is 1. The van der Waals surface area contributed by atoms with Crippen LogP contribution in [0.15, 0.2) is 42.5 Å². The molecule has 2 aromatic carbocycles. The Morgan fingerprint density at radius 1 is 1.21 bits per heavy atom. The third kappa shape index (κ3) is 5.10. The van der Waals surface area contributed by atoms with E-state index >= 15 is 0 Å². The third-order valence-corrected chi connectivity index (χ3v) is 4.09. The van der Waals surface area contributed by atoms with E-state index in [4.69, 9.17) is 4.74 Å². The molecule has 0 aromatic heterocycles. The molecule has 0 aliphatic rings. The van der Waals surface area contributed by atoms with Gasteiger partial charge in [0.1, 0.15) is 5.75 Å². The van der Waals surface area contributed by atoms with Gasteiger partial charge in [0.2, 0.25) is 5.91 Å². The quantitative estimate of drug-likeness (QED) is 0.821. The molecule has 0 fully saturated rings. The maximum Gasteiger partial charge on any atom is 0.220 e. The molecule has 0 bridgehead atoms. The molecule has 4 nitrogen and oxygen atoms in total. The fourth-order valence-corrected chi connectivity index (χ4v) is 2.64. The van der Waals surface area contributed by atoms with E-state index in [1.807, 2.05) is 18.2 Å². The summed E-state index contributed by atoms with van der Waals surface area (Å²) in [6, 6.07) is 13.5. The van der Waals surface area contributed by atoms with E-state index in [9.17, 15) is 9.90 Å². The van der Waals surface area contributed by atoms with Crippen molar-refractivity contribution in [3.63, 3.8) is 0 Å². The van der Waals surface area contributed by atoms with Gasteiger partial charge in [0, 0.05) is 13.0 Å². The van der Waals surface area contributed by atoms with Crippen molar-refractivity contribution in [3.8, 4) is 5.75 Å². The topological polar surface area (TPSA) is 58.6 Å². The van der Waals surface area contributed by atoms with Crippen LogP contribution in [-0.2, 0) is 11.2 Å². The largest absolute Gasteiger partial charge is 0.497 e. The Bertz CT molecular complexity index is 697. The number of methoxy groups -OCH3 is 1. The molecule has 2 rings (SSSR count). The number of amides is 1. The highest BCUT2D eigenvalue weighted by molar-refractivity contribution is 5.76. The van der Waals surface area contributed by atoms with Crippen molar-refractivity contribution in [1.29, 1.82) is 0 Å². The Hall–Kier alpha value is -2.33. The van der Waals surface area contributed by atoms with Crippen LogP contribution in [0.25, 0.3) is 0 Å². The maximum atomic E-state index is 12.0. The number of hydrogen-bond donors (Lipinski definition) is 2. The predicted molar refractivity (Wildman–Crippen MR) is 95.2 cm³/mol. The van der Waals surface area contributed by atoms with Crippen LogP contribution < -0.4 is 10.1 Å². The molecule has 2 aromatic rings. The fourth-order valence-electron chi connectivity index (χ4n) is 2.64. The first-order chi connectivity index (χ1) is 11.5. The van der Waals surface area contributed by atoms with E-state index < -0.39 is 6.10 Å². The van der Waals surface area contributed by atoms with Gasteiger partial charge in [-0.05, 0) is 49.1 Å². The zero-order valence-corrected chi connectivity index (χ0v) is 14.5. The lowest BCUT2D eigenvalue weighted by atomic mass is 10.0. The SMILES string of the molecule is COc1cccc(C(O)CNC(=O)CCc2ccc(C)cc2C)c1. The minimum atomic E-state index is -0.745. The van der Waals surface area contributed by atoms with Crippen LogP contribution >= 0.6 is 0 Å². The fraction of sp³-hybridized carbons (Fsp3) is 0.350. The van der Waals surface area contributed by atoms with Crippen molar-refractivity contribution in [3.05, 3.63) is 64.7 Å². The Morgan fingerprint density at radius 2 is 2.00 bits per heavy atom. The third-order valence-electron chi connectivity index (χ3n) is 4.09. The van der Waals surface area contributed by atoms with E-state index in [0.717, 1.165) is 5.56 Å². The molecule has 2 N–H and O–H groups in total.